The van der Waals surface area contributed by atoms with Gasteiger partial charge in [0.2, 0.25) is 0 Å². The van der Waals surface area contributed by atoms with Gasteiger partial charge in [-0.2, -0.15) is 0 Å². The van der Waals surface area contributed by atoms with E-state index in [-0.39, 0.29) is 17.5 Å². The lowest BCUT2D eigenvalue weighted by Gasteiger charge is -2.15. The Bertz CT molecular complexity index is 978. The van der Waals surface area contributed by atoms with Gasteiger partial charge >= 0.3 is 0 Å². The first-order valence-electron chi connectivity index (χ1n) is 8.53. The van der Waals surface area contributed by atoms with Crippen molar-refractivity contribution in [2.75, 3.05) is 10.6 Å². The van der Waals surface area contributed by atoms with E-state index in [0.29, 0.717) is 23.3 Å². The number of carbonyl (C=O) groups excluding carboxylic acids is 1. The molecule has 0 saturated heterocycles. The first-order valence-corrected chi connectivity index (χ1v) is 8.53. The molecule has 2 aromatic carbocycles. The van der Waals surface area contributed by atoms with Gasteiger partial charge in [0.25, 0.3) is 5.91 Å². The third-order valence-corrected chi connectivity index (χ3v) is 3.58. The molecule has 0 aliphatic rings. The molecule has 0 fully saturated rings. The van der Waals surface area contributed by atoms with E-state index >= 15 is 0 Å². The molecule has 0 radical (unpaired) electrons. The smallest absolute Gasteiger partial charge is 0.275 e. The zero-order valence-electron chi connectivity index (χ0n) is 15.2. The molecular formula is C20H18F2N4O2. The van der Waals surface area contributed by atoms with Crippen molar-refractivity contribution in [3.63, 3.8) is 0 Å². The van der Waals surface area contributed by atoms with Crippen LogP contribution in [0.4, 0.5) is 26.0 Å². The van der Waals surface area contributed by atoms with Gasteiger partial charge < -0.3 is 15.4 Å². The number of benzene rings is 2. The molecule has 0 saturated carbocycles. The van der Waals surface area contributed by atoms with E-state index in [9.17, 15) is 13.6 Å². The highest BCUT2D eigenvalue weighted by Crippen LogP contribution is 2.27. The van der Waals surface area contributed by atoms with Crippen LogP contribution in [0.2, 0.25) is 0 Å². The first-order chi connectivity index (χ1) is 13.4. The Morgan fingerprint density at radius 3 is 2.50 bits per heavy atom. The molecule has 1 heterocycles. The molecule has 1 amide bonds. The monoisotopic (exact) mass is 384 g/mol. The van der Waals surface area contributed by atoms with Crippen molar-refractivity contribution in [3.8, 4) is 5.75 Å². The number of halogens is 2. The topological polar surface area (TPSA) is 76.1 Å². The quantitative estimate of drug-likeness (QED) is 0.653. The van der Waals surface area contributed by atoms with Crippen LogP contribution in [0.25, 0.3) is 0 Å². The second-order valence-electron chi connectivity index (χ2n) is 6.15. The average molecular weight is 384 g/mol. The van der Waals surface area contributed by atoms with Crippen molar-refractivity contribution in [2.24, 2.45) is 0 Å². The highest BCUT2D eigenvalue weighted by molar-refractivity contribution is 6.02. The Labute approximate surface area is 160 Å². The molecule has 3 rings (SSSR count). The summed E-state index contributed by atoms with van der Waals surface area (Å²) in [5.74, 6) is -1.20. The third-order valence-electron chi connectivity index (χ3n) is 3.58. The Kier molecular flexibility index (Phi) is 5.78. The van der Waals surface area contributed by atoms with Crippen molar-refractivity contribution < 1.29 is 18.3 Å². The second kappa shape index (κ2) is 8.43. The number of hydrogen-bond donors (Lipinski definition) is 2. The summed E-state index contributed by atoms with van der Waals surface area (Å²) in [5, 5.41) is 5.41. The Balaban J connectivity index is 1.71. The van der Waals surface area contributed by atoms with Gasteiger partial charge in [-0.15, -0.1) is 0 Å². The standard InChI is InChI=1S/C20H18F2N4O2/c1-12(2)28-18-6-4-3-5-16(18)25-19-11-23-17(10-24-19)20(27)26-15-8-7-13(21)9-14(15)22/h3-12H,1-2H3,(H,24,25)(H,26,27). The number of nitrogens with one attached hydrogen (secondary N) is 2. The number of rotatable bonds is 6. The van der Waals surface area contributed by atoms with Crippen molar-refractivity contribution in [1.82, 2.24) is 9.97 Å². The minimum Gasteiger partial charge on any atom is -0.489 e. The lowest BCUT2D eigenvalue weighted by atomic mass is 10.3. The number of amides is 1. The van der Waals surface area contributed by atoms with Crippen molar-refractivity contribution in [3.05, 3.63) is 72.2 Å². The van der Waals surface area contributed by atoms with E-state index in [2.05, 4.69) is 20.6 Å². The molecule has 144 valence electrons. The van der Waals surface area contributed by atoms with E-state index in [1.807, 2.05) is 38.1 Å². The first kappa shape index (κ1) is 19.2. The molecule has 8 heteroatoms. The predicted octanol–water partition coefficient (Wildman–Crippen LogP) is 4.54. The van der Waals surface area contributed by atoms with Crippen LogP contribution >= 0.6 is 0 Å². The van der Waals surface area contributed by atoms with Crippen molar-refractivity contribution in [1.29, 1.82) is 0 Å². The summed E-state index contributed by atoms with van der Waals surface area (Å²) in [6, 6.07) is 10.2. The normalized spacial score (nSPS) is 10.6. The maximum Gasteiger partial charge on any atom is 0.275 e. The summed E-state index contributed by atoms with van der Waals surface area (Å²) in [6.45, 7) is 3.85. The molecule has 2 N–H and O–H groups in total. The lowest BCUT2D eigenvalue weighted by Crippen LogP contribution is -2.15. The van der Waals surface area contributed by atoms with Crippen LogP contribution in [0.3, 0.4) is 0 Å². The molecule has 6 nitrogen and oxygen atoms in total. The molecule has 1 aromatic heterocycles. The fourth-order valence-electron chi connectivity index (χ4n) is 2.35. The molecule has 0 unspecified atom stereocenters. The van der Waals surface area contributed by atoms with E-state index in [1.54, 1.807) is 0 Å². The lowest BCUT2D eigenvalue weighted by molar-refractivity contribution is 0.102. The summed E-state index contributed by atoms with van der Waals surface area (Å²) in [6.07, 6.45) is 2.64. The highest BCUT2D eigenvalue weighted by Gasteiger charge is 2.12. The van der Waals surface area contributed by atoms with Gasteiger partial charge in [0.1, 0.15) is 28.9 Å². The van der Waals surface area contributed by atoms with Gasteiger partial charge in [-0.1, -0.05) is 12.1 Å². The van der Waals surface area contributed by atoms with Gasteiger partial charge in [-0.05, 0) is 38.1 Å². The maximum absolute atomic E-state index is 13.6. The molecule has 0 aliphatic heterocycles. The summed E-state index contributed by atoms with van der Waals surface area (Å²) in [4.78, 5) is 20.4. The fraction of sp³-hybridized carbons (Fsp3) is 0.150. The SMILES string of the molecule is CC(C)Oc1ccccc1Nc1cnc(C(=O)Nc2ccc(F)cc2F)cn1. The Morgan fingerprint density at radius 1 is 1.04 bits per heavy atom. The van der Waals surface area contributed by atoms with Gasteiger partial charge in [0.05, 0.1) is 29.9 Å². The maximum atomic E-state index is 13.6. The van der Waals surface area contributed by atoms with Crippen LogP contribution < -0.4 is 15.4 Å². The van der Waals surface area contributed by atoms with E-state index in [0.717, 1.165) is 12.1 Å². The van der Waals surface area contributed by atoms with E-state index < -0.39 is 17.5 Å². The Morgan fingerprint density at radius 2 is 1.82 bits per heavy atom. The van der Waals surface area contributed by atoms with E-state index in [4.69, 9.17) is 4.74 Å². The van der Waals surface area contributed by atoms with Gasteiger partial charge in [0, 0.05) is 6.07 Å². The molecule has 0 atom stereocenters. The molecule has 3 aromatic rings. The number of ether oxygens (including phenoxy) is 1. The number of aromatic nitrogens is 2. The molecule has 0 spiro atoms. The summed E-state index contributed by atoms with van der Waals surface area (Å²) >= 11 is 0. The zero-order valence-corrected chi connectivity index (χ0v) is 15.2. The van der Waals surface area contributed by atoms with Crippen LogP contribution in [0.5, 0.6) is 5.75 Å². The van der Waals surface area contributed by atoms with Crippen LogP contribution in [-0.4, -0.2) is 22.0 Å². The zero-order chi connectivity index (χ0) is 20.1. The van der Waals surface area contributed by atoms with Crippen LogP contribution in [0.1, 0.15) is 24.3 Å². The molecular weight excluding hydrogens is 366 g/mol. The van der Waals surface area contributed by atoms with Gasteiger partial charge in [-0.25, -0.2) is 18.7 Å². The van der Waals surface area contributed by atoms with Crippen LogP contribution in [0.15, 0.2) is 54.9 Å². The van der Waals surface area contributed by atoms with Gasteiger partial charge in [-0.3, -0.25) is 4.79 Å². The largest absolute Gasteiger partial charge is 0.489 e. The Hall–Kier alpha value is -3.55. The van der Waals surface area contributed by atoms with Crippen molar-refractivity contribution >= 4 is 23.1 Å². The minimum atomic E-state index is -0.874. The predicted molar refractivity (Wildman–Crippen MR) is 102 cm³/mol. The number of hydrogen-bond acceptors (Lipinski definition) is 5. The third kappa shape index (κ3) is 4.79. The molecule has 0 bridgehead atoms. The van der Waals surface area contributed by atoms with Crippen molar-refractivity contribution in [2.45, 2.75) is 20.0 Å². The van der Waals surface area contributed by atoms with Crippen LogP contribution in [-0.2, 0) is 0 Å². The highest BCUT2D eigenvalue weighted by atomic mass is 19.1. The summed E-state index contributed by atoms with van der Waals surface area (Å²) in [5.41, 5.74) is 0.548. The van der Waals surface area contributed by atoms with E-state index in [1.165, 1.54) is 12.4 Å². The summed E-state index contributed by atoms with van der Waals surface area (Å²) < 4.78 is 32.3. The number of nitrogens with zero attached hydrogens (tertiary/aromatic N) is 2. The average Bonchev–Trinajstić information content (AvgIpc) is 2.66. The fourth-order valence-corrected chi connectivity index (χ4v) is 2.35. The van der Waals surface area contributed by atoms with Crippen LogP contribution in [0, 0.1) is 11.6 Å². The summed E-state index contributed by atoms with van der Waals surface area (Å²) in [7, 11) is 0. The number of para-hydroxylation sites is 2. The number of carbonyl (C=O) groups is 1. The minimum absolute atomic E-state index is 0.00645. The van der Waals surface area contributed by atoms with Gasteiger partial charge in [0.15, 0.2) is 0 Å². The molecule has 0 aliphatic carbocycles. The molecule has 28 heavy (non-hydrogen) atoms. The number of anilines is 3. The second-order valence-corrected chi connectivity index (χ2v) is 6.15.